The number of anilines is 1. The van der Waals surface area contributed by atoms with Gasteiger partial charge in [0.05, 0.1) is 25.0 Å². The third-order valence-electron chi connectivity index (χ3n) is 3.05. The predicted octanol–water partition coefficient (Wildman–Crippen LogP) is 3.21. The lowest BCUT2D eigenvalue weighted by molar-refractivity contribution is 0.414. The molecule has 2 rings (SSSR count). The van der Waals surface area contributed by atoms with Crippen molar-refractivity contribution in [3.63, 3.8) is 0 Å². The van der Waals surface area contributed by atoms with Gasteiger partial charge in [-0.25, -0.2) is 4.68 Å². The summed E-state index contributed by atoms with van der Waals surface area (Å²) in [6.07, 6.45) is 1.66. The summed E-state index contributed by atoms with van der Waals surface area (Å²) >= 11 is 3.34. The monoisotopic (exact) mass is 351 g/mol. The average molecular weight is 352 g/mol. The highest BCUT2D eigenvalue weighted by molar-refractivity contribution is 9.10. The maximum atomic E-state index is 12.1. The summed E-state index contributed by atoms with van der Waals surface area (Å²) in [5.74, 6) is 0.807. The van der Waals surface area contributed by atoms with Crippen LogP contribution >= 0.6 is 15.9 Å². The second kappa shape index (κ2) is 6.76. The quantitative estimate of drug-likeness (QED) is 0.898. The van der Waals surface area contributed by atoms with E-state index in [0.29, 0.717) is 16.7 Å². The van der Waals surface area contributed by atoms with Crippen LogP contribution in [0, 0.1) is 0 Å². The molecular weight excluding hydrogens is 334 g/mol. The number of nitrogens with zero attached hydrogens (tertiary/aromatic N) is 2. The number of halogens is 1. The number of aromatic nitrogens is 2. The van der Waals surface area contributed by atoms with E-state index in [1.165, 1.54) is 4.68 Å². The van der Waals surface area contributed by atoms with Gasteiger partial charge in [0.15, 0.2) is 0 Å². The Kier molecular flexibility index (Phi) is 5.01. The standard InChI is InChI=1S/C15H18BrN3O2/c1-10(2)19-15(20)14(16)13(9-18-19)17-8-11-5-4-6-12(7-11)21-3/h4-7,9-10,17H,8H2,1-3H3. The molecule has 0 aliphatic heterocycles. The Morgan fingerprint density at radius 1 is 1.43 bits per heavy atom. The molecule has 112 valence electrons. The Morgan fingerprint density at radius 3 is 2.86 bits per heavy atom. The van der Waals surface area contributed by atoms with E-state index in [1.807, 2.05) is 38.1 Å². The molecule has 5 nitrogen and oxygen atoms in total. The van der Waals surface area contributed by atoms with E-state index in [4.69, 9.17) is 4.74 Å². The number of hydrogen-bond donors (Lipinski definition) is 1. The maximum Gasteiger partial charge on any atom is 0.283 e. The topological polar surface area (TPSA) is 56.1 Å². The van der Waals surface area contributed by atoms with Crippen LogP contribution in [0.2, 0.25) is 0 Å². The minimum atomic E-state index is -0.138. The fourth-order valence-corrected chi connectivity index (χ4v) is 2.34. The van der Waals surface area contributed by atoms with Gasteiger partial charge in [-0.1, -0.05) is 12.1 Å². The van der Waals surface area contributed by atoms with Crippen LogP contribution in [-0.2, 0) is 6.54 Å². The van der Waals surface area contributed by atoms with Crippen LogP contribution in [0.4, 0.5) is 5.69 Å². The van der Waals surface area contributed by atoms with Crippen molar-refractivity contribution in [1.29, 1.82) is 0 Å². The van der Waals surface area contributed by atoms with Gasteiger partial charge in [0.2, 0.25) is 0 Å². The van der Waals surface area contributed by atoms with E-state index in [2.05, 4.69) is 26.3 Å². The SMILES string of the molecule is COc1cccc(CNc2cnn(C(C)C)c(=O)c2Br)c1. The van der Waals surface area contributed by atoms with Crippen molar-refractivity contribution in [3.8, 4) is 5.75 Å². The van der Waals surface area contributed by atoms with Crippen LogP contribution in [0.25, 0.3) is 0 Å². The largest absolute Gasteiger partial charge is 0.497 e. The first-order chi connectivity index (χ1) is 10.0. The van der Waals surface area contributed by atoms with Crippen molar-refractivity contribution < 1.29 is 4.74 Å². The second-order valence-corrected chi connectivity index (χ2v) is 5.71. The number of nitrogens with one attached hydrogen (secondary N) is 1. The van der Waals surface area contributed by atoms with Crippen molar-refractivity contribution in [1.82, 2.24) is 9.78 Å². The number of ether oxygens (including phenoxy) is 1. The van der Waals surface area contributed by atoms with Gasteiger partial charge in [-0.2, -0.15) is 5.10 Å². The van der Waals surface area contributed by atoms with Gasteiger partial charge in [0.25, 0.3) is 5.56 Å². The molecule has 0 spiro atoms. The Morgan fingerprint density at radius 2 is 2.19 bits per heavy atom. The van der Waals surface area contributed by atoms with Crippen molar-refractivity contribution >= 4 is 21.6 Å². The number of hydrogen-bond acceptors (Lipinski definition) is 4. The van der Waals surface area contributed by atoms with E-state index in [1.54, 1.807) is 13.3 Å². The molecular formula is C15H18BrN3O2. The Bertz CT molecular complexity index is 683. The summed E-state index contributed by atoms with van der Waals surface area (Å²) < 4.78 is 7.13. The summed E-state index contributed by atoms with van der Waals surface area (Å²) in [7, 11) is 1.64. The zero-order valence-corrected chi connectivity index (χ0v) is 13.8. The van der Waals surface area contributed by atoms with Gasteiger partial charge < -0.3 is 10.1 Å². The fraction of sp³-hybridized carbons (Fsp3) is 0.333. The summed E-state index contributed by atoms with van der Waals surface area (Å²) in [6.45, 7) is 4.43. The highest BCUT2D eigenvalue weighted by atomic mass is 79.9. The molecule has 0 saturated carbocycles. The van der Waals surface area contributed by atoms with E-state index in [9.17, 15) is 4.79 Å². The minimum absolute atomic E-state index is 0.0289. The van der Waals surface area contributed by atoms with Crippen LogP contribution in [0.1, 0.15) is 25.5 Å². The normalized spacial score (nSPS) is 10.7. The number of rotatable bonds is 5. The summed E-state index contributed by atoms with van der Waals surface area (Å²) in [6, 6.07) is 7.79. The molecule has 0 aliphatic rings. The highest BCUT2D eigenvalue weighted by Gasteiger charge is 2.10. The van der Waals surface area contributed by atoms with Crippen LogP contribution in [0.5, 0.6) is 5.75 Å². The molecule has 0 amide bonds. The van der Waals surface area contributed by atoms with Crippen LogP contribution in [0.3, 0.4) is 0 Å². The van der Waals surface area contributed by atoms with E-state index in [0.717, 1.165) is 11.3 Å². The van der Waals surface area contributed by atoms with Gasteiger partial charge in [-0.15, -0.1) is 0 Å². The third kappa shape index (κ3) is 3.64. The molecule has 1 aromatic carbocycles. The van der Waals surface area contributed by atoms with Gasteiger partial charge in [-0.05, 0) is 47.5 Å². The zero-order valence-electron chi connectivity index (χ0n) is 12.3. The Balaban J connectivity index is 2.17. The molecule has 0 saturated heterocycles. The smallest absolute Gasteiger partial charge is 0.283 e. The third-order valence-corrected chi connectivity index (χ3v) is 3.82. The molecule has 0 fully saturated rings. The van der Waals surface area contributed by atoms with E-state index in [-0.39, 0.29) is 11.6 Å². The molecule has 6 heteroatoms. The molecule has 1 heterocycles. The van der Waals surface area contributed by atoms with Crippen LogP contribution in [-0.4, -0.2) is 16.9 Å². The van der Waals surface area contributed by atoms with Crippen molar-refractivity contribution in [2.24, 2.45) is 0 Å². The molecule has 1 N–H and O–H groups in total. The summed E-state index contributed by atoms with van der Waals surface area (Å²) in [5, 5.41) is 7.38. The number of benzene rings is 1. The molecule has 0 bridgehead atoms. The minimum Gasteiger partial charge on any atom is -0.497 e. The predicted molar refractivity (Wildman–Crippen MR) is 86.9 cm³/mol. The summed E-state index contributed by atoms with van der Waals surface area (Å²) in [5.41, 5.74) is 1.61. The molecule has 2 aromatic rings. The van der Waals surface area contributed by atoms with Crippen LogP contribution < -0.4 is 15.6 Å². The van der Waals surface area contributed by atoms with E-state index < -0.39 is 0 Å². The first-order valence-corrected chi connectivity index (χ1v) is 7.46. The number of methoxy groups -OCH3 is 1. The average Bonchev–Trinajstić information content (AvgIpc) is 2.48. The van der Waals surface area contributed by atoms with Gasteiger partial charge in [-0.3, -0.25) is 4.79 Å². The highest BCUT2D eigenvalue weighted by Crippen LogP contribution is 2.19. The molecule has 0 aliphatic carbocycles. The molecule has 0 radical (unpaired) electrons. The van der Waals surface area contributed by atoms with Crippen LogP contribution in [0.15, 0.2) is 39.7 Å². The van der Waals surface area contributed by atoms with Gasteiger partial charge in [0.1, 0.15) is 10.2 Å². The summed E-state index contributed by atoms with van der Waals surface area (Å²) in [4.78, 5) is 12.1. The second-order valence-electron chi connectivity index (χ2n) is 4.92. The Hall–Kier alpha value is -1.82. The lowest BCUT2D eigenvalue weighted by Gasteiger charge is -2.12. The lowest BCUT2D eigenvalue weighted by Crippen LogP contribution is -2.26. The van der Waals surface area contributed by atoms with Crippen molar-refractivity contribution in [2.45, 2.75) is 26.4 Å². The van der Waals surface area contributed by atoms with Crippen molar-refractivity contribution in [3.05, 3.63) is 50.9 Å². The molecule has 1 aromatic heterocycles. The van der Waals surface area contributed by atoms with Gasteiger partial charge >= 0.3 is 0 Å². The maximum absolute atomic E-state index is 12.1. The molecule has 0 unspecified atom stereocenters. The fourth-order valence-electron chi connectivity index (χ4n) is 1.92. The zero-order chi connectivity index (χ0) is 15.4. The Labute approximate surface area is 132 Å². The van der Waals surface area contributed by atoms with Crippen molar-refractivity contribution in [2.75, 3.05) is 12.4 Å². The molecule has 0 atom stereocenters. The first-order valence-electron chi connectivity index (χ1n) is 6.67. The lowest BCUT2D eigenvalue weighted by atomic mass is 10.2. The first kappa shape index (κ1) is 15.6. The molecule has 21 heavy (non-hydrogen) atoms. The van der Waals surface area contributed by atoms with E-state index >= 15 is 0 Å². The van der Waals surface area contributed by atoms with Gasteiger partial charge in [0, 0.05) is 6.54 Å².